The Hall–Kier alpha value is -1.39. The lowest BCUT2D eigenvalue weighted by molar-refractivity contribution is -0.126. The Kier molecular flexibility index (Phi) is 4.86. The summed E-state index contributed by atoms with van der Waals surface area (Å²) in [5.74, 6) is 2.04. The molecular weight excluding hydrogens is 300 g/mol. The van der Waals surface area contributed by atoms with E-state index in [2.05, 4.69) is 34.5 Å². The van der Waals surface area contributed by atoms with E-state index in [1.165, 1.54) is 30.4 Å². The smallest absolute Gasteiger partial charge is 0.223 e. The molecule has 3 fully saturated rings. The van der Waals surface area contributed by atoms with E-state index >= 15 is 0 Å². The van der Waals surface area contributed by atoms with Gasteiger partial charge in [0, 0.05) is 32.1 Å². The number of nitrogens with one attached hydrogen (secondary N) is 1. The van der Waals surface area contributed by atoms with Crippen LogP contribution in [0.2, 0.25) is 0 Å². The fourth-order valence-electron chi connectivity index (χ4n) is 4.67. The molecule has 2 saturated carbocycles. The van der Waals surface area contributed by atoms with Crippen molar-refractivity contribution in [1.82, 2.24) is 10.2 Å². The number of carbonyl (C=O) groups excluding carboxylic acids is 1. The number of nitrogens with zero attached hydrogens (tertiary/aromatic N) is 1. The molecule has 1 heterocycles. The van der Waals surface area contributed by atoms with Gasteiger partial charge in [-0.05, 0) is 42.2 Å². The zero-order valence-corrected chi connectivity index (χ0v) is 14.4. The van der Waals surface area contributed by atoms with Gasteiger partial charge in [-0.3, -0.25) is 9.69 Å². The number of hydrogen-bond donors (Lipinski definition) is 1. The normalized spacial score (nSPS) is 29.8. The van der Waals surface area contributed by atoms with Crippen molar-refractivity contribution in [1.29, 1.82) is 0 Å². The Balaban J connectivity index is 1.25. The van der Waals surface area contributed by atoms with Gasteiger partial charge < -0.3 is 10.1 Å². The third-order valence-electron chi connectivity index (χ3n) is 6.07. The minimum atomic E-state index is 0.277. The highest BCUT2D eigenvalue weighted by atomic mass is 16.5. The van der Waals surface area contributed by atoms with Crippen molar-refractivity contribution in [2.75, 3.05) is 26.3 Å². The SMILES string of the molecule is O=C(NCc1ccc(CN2CCOCC2)cc1)[C@H]1C[C@H]2CC[C@H]1C2. The van der Waals surface area contributed by atoms with Crippen LogP contribution >= 0.6 is 0 Å². The Morgan fingerprint density at radius 2 is 1.83 bits per heavy atom. The van der Waals surface area contributed by atoms with Gasteiger partial charge in [-0.2, -0.15) is 0 Å². The standard InChI is InChI=1S/C20H28N2O2/c23-20(19-12-17-5-6-18(19)11-17)21-13-15-1-3-16(4-2-15)14-22-7-9-24-10-8-22/h1-4,17-19H,5-14H2,(H,21,23)/t17-,18-,19-/m0/s1. The van der Waals surface area contributed by atoms with Gasteiger partial charge in [-0.15, -0.1) is 0 Å². The monoisotopic (exact) mass is 328 g/mol. The molecule has 4 rings (SSSR count). The van der Waals surface area contributed by atoms with Crippen LogP contribution in [0.3, 0.4) is 0 Å². The van der Waals surface area contributed by atoms with E-state index in [0.29, 0.717) is 12.5 Å². The summed E-state index contributed by atoms with van der Waals surface area (Å²) in [6.07, 6.45) is 5.02. The van der Waals surface area contributed by atoms with Crippen LogP contribution in [0.1, 0.15) is 36.8 Å². The van der Waals surface area contributed by atoms with Gasteiger partial charge >= 0.3 is 0 Å². The summed E-state index contributed by atoms with van der Waals surface area (Å²) in [7, 11) is 0. The van der Waals surface area contributed by atoms with Gasteiger partial charge in [0.1, 0.15) is 0 Å². The number of benzene rings is 1. The number of amides is 1. The average Bonchev–Trinajstić information content (AvgIpc) is 3.25. The summed E-state index contributed by atoms with van der Waals surface area (Å²) in [6, 6.07) is 8.68. The number of ether oxygens (including phenoxy) is 1. The number of morpholine rings is 1. The van der Waals surface area contributed by atoms with Gasteiger partial charge in [0.05, 0.1) is 13.2 Å². The molecule has 130 valence electrons. The molecule has 4 heteroatoms. The van der Waals surface area contributed by atoms with Crippen molar-refractivity contribution in [2.24, 2.45) is 17.8 Å². The van der Waals surface area contributed by atoms with E-state index < -0.39 is 0 Å². The largest absolute Gasteiger partial charge is 0.379 e. The van der Waals surface area contributed by atoms with Gasteiger partial charge in [-0.25, -0.2) is 0 Å². The van der Waals surface area contributed by atoms with Crippen LogP contribution in [0.4, 0.5) is 0 Å². The van der Waals surface area contributed by atoms with Crippen LogP contribution in [0.15, 0.2) is 24.3 Å². The van der Waals surface area contributed by atoms with Crippen molar-refractivity contribution < 1.29 is 9.53 Å². The maximum absolute atomic E-state index is 12.4. The number of fused-ring (bicyclic) bond motifs is 2. The van der Waals surface area contributed by atoms with Crippen molar-refractivity contribution >= 4 is 5.91 Å². The second-order valence-electron chi connectivity index (χ2n) is 7.70. The first kappa shape index (κ1) is 16.1. The van der Waals surface area contributed by atoms with Crippen molar-refractivity contribution in [3.63, 3.8) is 0 Å². The Bertz CT molecular complexity index is 566. The fourth-order valence-corrected chi connectivity index (χ4v) is 4.67. The second-order valence-corrected chi connectivity index (χ2v) is 7.70. The molecule has 24 heavy (non-hydrogen) atoms. The molecule has 1 aromatic rings. The topological polar surface area (TPSA) is 41.6 Å². The molecule has 1 aromatic carbocycles. The molecular formula is C20H28N2O2. The lowest BCUT2D eigenvalue weighted by atomic mass is 9.88. The first-order chi connectivity index (χ1) is 11.8. The highest BCUT2D eigenvalue weighted by molar-refractivity contribution is 5.79. The van der Waals surface area contributed by atoms with Crippen molar-refractivity contribution in [3.8, 4) is 0 Å². The lowest BCUT2D eigenvalue weighted by Gasteiger charge is -2.26. The van der Waals surface area contributed by atoms with E-state index in [0.717, 1.165) is 45.2 Å². The average molecular weight is 328 g/mol. The van der Waals surface area contributed by atoms with Crippen LogP contribution in [0, 0.1) is 17.8 Å². The molecule has 2 bridgehead atoms. The third-order valence-corrected chi connectivity index (χ3v) is 6.07. The maximum Gasteiger partial charge on any atom is 0.223 e. The van der Waals surface area contributed by atoms with E-state index in [-0.39, 0.29) is 11.8 Å². The molecule has 1 N–H and O–H groups in total. The summed E-state index contributed by atoms with van der Waals surface area (Å²) in [6.45, 7) is 5.36. The minimum absolute atomic E-state index is 0.277. The molecule has 0 unspecified atom stereocenters. The van der Waals surface area contributed by atoms with Gasteiger partial charge in [0.2, 0.25) is 5.91 Å². The van der Waals surface area contributed by atoms with Crippen molar-refractivity contribution in [3.05, 3.63) is 35.4 Å². The molecule has 0 aromatic heterocycles. The molecule has 0 radical (unpaired) electrons. The Morgan fingerprint density at radius 1 is 1.08 bits per heavy atom. The Morgan fingerprint density at radius 3 is 2.50 bits per heavy atom. The van der Waals surface area contributed by atoms with E-state index in [4.69, 9.17) is 4.74 Å². The molecule has 1 aliphatic heterocycles. The van der Waals surface area contributed by atoms with Crippen LogP contribution in [-0.2, 0) is 22.6 Å². The molecule has 3 atom stereocenters. The fraction of sp³-hybridized carbons (Fsp3) is 0.650. The second kappa shape index (κ2) is 7.24. The molecule has 0 spiro atoms. The summed E-state index contributed by atoms with van der Waals surface area (Å²) in [5.41, 5.74) is 2.53. The van der Waals surface area contributed by atoms with Gasteiger partial charge in [-0.1, -0.05) is 30.7 Å². The summed E-state index contributed by atoms with van der Waals surface area (Å²) < 4.78 is 5.39. The molecule has 3 aliphatic rings. The first-order valence-corrected chi connectivity index (χ1v) is 9.43. The minimum Gasteiger partial charge on any atom is -0.379 e. The maximum atomic E-state index is 12.4. The third kappa shape index (κ3) is 3.65. The van der Waals surface area contributed by atoms with Crippen LogP contribution < -0.4 is 5.32 Å². The number of rotatable bonds is 5. The zero-order chi connectivity index (χ0) is 16.4. The summed E-state index contributed by atoms with van der Waals surface area (Å²) in [5, 5.41) is 3.16. The van der Waals surface area contributed by atoms with Gasteiger partial charge in [0.15, 0.2) is 0 Å². The number of carbonyl (C=O) groups is 1. The summed E-state index contributed by atoms with van der Waals surface area (Å²) >= 11 is 0. The highest BCUT2D eigenvalue weighted by Gasteiger charge is 2.42. The lowest BCUT2D eigenvalue weighted by Crippen LogP contribution is -2.35. The predicted molar refractivity (Wildman–Crippen MR) is 93.3 cm³/mol. The predicted octanol–water partition coefficient (Wildman–Crippen LogP) is 2.57. The van der Waals surface area contributed by atoms with Crippen LogP contribution in [0.25, 0.3) is 0 Å². The number of hydrogen-bond acceptors (Lipinski definition) is 3. The van der Waals surface area contributed by atoms with E-state index in [1.807, 2.05) is 0 Å². The quantitative estimate of drug-likeness (QED) is 0.903. The Labute approximate surface area is 144 Å². The highest BCUT2D eigenvalue weighted by Crippen LogP contribution is 2.48. The van der Waals surface area contributed by atoms with Crippen molar-refractivity contribution in [2.45, 2.75) is 38.8 Å². The molecule has 4 nitrogen and oxygen atoms in total. The summed E-state index contributed by atoms with van der Waals surface area (Å²) in [4.78, 5) is 14.8. The zero-order valence-electron chi connectivity index (χ0n) is 14.4. The molecule has 1 amide bonds. The molecule has 1 saturated heterocycles. The molecule has 2 aliphatic carbocycles. The first-order valence-electron chi connectivity index (χ1n) is 9.43. The van der Waals surface area contributed by atoms with E-state index in [9.17, 15) is 4.79 Å². The van der Waals surface area contributed by atoms with E-state index in [1.54, 1.807) is 0 Å². The van der Waals surface area contributed by atoms with Crippen LogP contribution in [-0.4, -0.2) is 37.1 Å². The van der Waals surface area contributed by atoms with Crippen LogP contribution in [0.5, 0.6) is 0 Å². The van der Waals surface area contributed by atoms with Gasteiger partial charge in [0.25, 0.3) is 0 Å².